The molecule has 0 radical (unpaired) electrons. The minimum atomic E-state index is -1.00. The maximum atomic E-state index is 14.2. The van der Waals surface area contributed by atoms with Crippen molar-refractivity contribution in [2.24, 2.45) is 5.92 Å². The second kappa shape index (κ2) is 11.2. The molecule has 3 atom stereocenters. The predicted molar refractivity (Wildman–Crippen MR) is 175 cm³/mol. The van der Waals surface area contributed by atoms with Crippen molar-refractivity contribution in [2.75, 3.05) is 13.7 Å². The molecule has 1 N–H and O–H groups in total. The molecule has 1 aromatic heterocycles. The molecule has 3 saturated heterocycles. The summed E-state index contributed by atoms with van der Waals surface area (Å²) in [5.74, 6) is -0.465. The molecule has 4 aromatic rings. The first kappa shape index (κ1) is 29.8. The minimum absolute atomic E-state index is 0.0710. The number of aromatic nitrogens is 1. The number of piperazine rings is 1. The molecule has 3 fully saturated rings. The van der Waals surface area contributed by atoms with E-state index in [1.165, 1.54) is 24.4 Å². The lowest BCUT2D eigenvalue weighted by Gasteiger charge is -2.66. The fourth-order valence-corrected chi connectivity index (χ4v) is 8.54. The van der Waals surface area contributed by atoms with E-state index in [4.69, 9.17) is 21.1 Å². The molecule has 1 aliphatic carbocycles. The van der Waals surface area contributed by atoms with E-state index in [-0.39, 0.29) is 17.2 Å². The number of piperidine rings is 2. The van der Waals surface area contributed by atoms with Crippen molar-refractivity contribution < 1.29 is 19.1 Å². The number of fused-ring (bicyclic) bond motifs is 5. The zero-order valence-electron chi connectivity index (χ0n) is 25.9. The number of methoxy groups -OCH3 is 1. The van der Waals surface area contributed by atoms with E-state index in [0.717, 1.165) is 22.0 Å². The van der Waals surface area contributed by atoms with Crippen molar-refractivity contribution in [2.45, 2.75) is 63.1 Å². The molecule has 1 amide bonds. The molecule has 8 rings (SSSR count). The van der Waals surface area contributed by atoms with E-state index in [0.29, 0.717) is 44.3 Å². The summed E-state index contributed by atoms with van der Waals surface area (Å²) in [5.41, 5.74) is 3.86. The number of carbonyl (C=O) groups is 2. The lowest BCUT2D eigenvalue weighted by Crippen LogP contribution is -2.83. The summed E-state index contributed by atoms with van der Waals surface area (Å²) in [6.07, 6.45) is 4.43. The van der Waals surface area contributed by atoms with Crippen LogP contribution in [0.4, 0.5) is 0 Å². The van der Waals surface area contributed by atoms with Gasteiger partial charge in [0.1, 0.15) is 12.3 Å². The number of hydrogen-bond donors (Lipinski definition) is 1. The average molecular weight is 624 g/mol. The second-order valence-corrected chi connectivity index (χ2v) is 13.7. The molecule has 8 heteroatoms. The highest BCUT2D eigenvalue weighted by molar-refractivity contribution is 6.31. The quantitative estimate of drug-likeness (QED) is 0.188. The van der Waals surface area contributed by atoms with Gasteiger partial charge in [-0.2, -0.15) is 0 Å². The molecular weight excluding hydrogens is 586 g/mol. The van der Waals surface area contributed by atoms with Gasteiger partial charge in [-0.25, -0.2) is 4.79 Å². The van der Waals surface area contributed by atoms with Crippen molar-refractivity contribution in [3.05, 3.63) is 118 Å². The fourth-order valence-electron chi connectivity index (χ4n) is 8.37. The van der Waals surface area contributed by atoms with Gasteiger partial charge in [0.25, 0.3) is 0 Å². The van der Waals surface area contributed by atoms with E-state index in [9.17, 15) is 9.59 Å². The normalized spacial score (nSPS) is 25.2. The molecule has 232 valence electrons. The number of carbonyl (C=O) groups excluding carboxylic acids is 2. The molecule has 2 bridgehead atoms. The number of esters is 1. The first-order valence-electron chi connectivity index (χ1n) is 15.5. The number of hydrogen-bond acceptors (Lipinski definition) is 5. The van der Waals surface area contributed by atoms with Gasteiger partial charge >= 0.3 is 5.97 Å². The Morgan fingerprint density at radius 3 is 2.47 bits per heavy atom. The van der Waals surface area contributed by atoms with Gasteiger partial charge in [0.2, 0.25) is 5.91 Å². The van der Waals surface area contributed by atoms with Gasteiger partial charge in [-0.3, -0.25) is 9.69 Å². The van der Waals surface area contributed by atoms with E-state index in [2.05, 4.69) is 59.0 Å². The molecule has 1 spiro atoms. The van der Waals surface area contributed by atoms with E-state index >= 15 is 0 Å². The predicted octanol–water partition coefficient (Wildman–Crippen LogP) is 6.16. The standard InChI is InChI=1S/C37H38ClN3O4/c1-35(2)31-20-37(17-16-32(42)44-3)34(43)39-36(31,23-40(37)21-25-10-6-4-7-11-25)19-29-28-15-14-27(38)18-30(28)41(33(29)35)24-45-22-26-12-8-5-9-13-26/h4-18,31H,19-24H2,1-3H3,(H,39,43)/b17-16+/t31-,36+,37-/m0/s1. The van der Waals surface area contributed by atoms with Crippen molar-refractivity contribution in [3.63, 3.8) is 0 Å². The van der Waals surface area contributed by atoms with Gasteiger partial charge in [0.05, 0.1) is 24.8 Å². The van der Waals surface area contributed by atoms with Crippen molar-refractivity contribution >= 4 is 34.4 Å². The topological polar surface area (TPSA) is 72.8 Å². The molecular formula is C37H38ClN3O4. The lowest BCUT2D eigenvalue weighted by atomic mass is 9.51. The second-order valence-electron chi connectivity index (χ2n) is 13.3. The molecule has 0 saturated carbocycles. The maximum Gasteiger partial charge on any atom is 0.330 e. The van der Waals surface area contributed by atoms with Crippen molar-refractivity contribution in [1.82, 2.24) is 14.8 Å². The summed E-state index contributed by atoms with van der Waals surface area (Å²) >= 11 is 6.58. The van der Waals surface area contributed by atoms with Crippen molar-refractivity contribution in [1.29, 1.82) is 0 Å². The van der Waals surface area contributed by atoms with Crippen LogP contribution >= 0.6 is 11.6 Å². The average Bonchev–Trinajstić information content (AvgIpc) is 3.33. The molecule has 4 heterocycles. The van der Waals surface area contributed by atoms with Crippen LogP contribution < -0.4 is 5.32 Å². The minimum Gasteiger partial charge on any atom is -0.466 e. The SMILES string of the molecule is COC(=O)/C=C/[C@@]12C[C@H]3C(C)(C)c4c(c5ccc(Cl)cc5n4COCc4ccccc4)C[C@]3(CN1Cc1ccccc1)NC2=O. The van der Waals surface area contributed by atoms with Gasteiger partial charge in [-0.05, 0) is 53.7 Å². The number of nitrogens with one attached hydrogen (secondary N) is 1. The summed E-state index contributed by atoms with van der Waals surface area (Å²) in [4.78, 5) is 28.9. The first-order chi connectivity index (χ1) is 21.7. The highest BCUT2D eigenvalue weighted by Crippen LogP contribution is 2.58. The number of nitrogens with zero attached hydrogens (tertiary/aromatic N) is 2. The zero-order valence-corrected chi connectivity index (χ0v) is 26.6. The van der Waals surface area contributed by atoms with Gasteiger partial charge in [-0.1, -0.05) is 92.2 Å². The smallest absolute Gasteiger partial charge is 0.330 e. The number of benzene rings is 3. The van der Waals surface area contributed by atoms with Crippen LogP contribution in [0.3, 0.4) is 0 Å². The largest absolute Gasteiger partial charge is 0.466 e. The van der Waals surface area contributed by atoms with Crippen LogP contribution in [0.1, 0.15) is 42.7 Å². The fraction of sp³-hybridized carbons (Fsp3) is 0.351. The van der Waals surface area contributed by atoms with E-state index in [1.807, 2.05) is 48.5 Å². The Morgan fingerprint density at radius 1 is 1.04 bits per heavy atom. The Labute approximate surface area is 268 Å². The summed E-state index contributed by atoms with van der Waals surface area (Å²) in [6.45, 7) is 6.69. The van der Waals surface area contributed by atoms with Crippen molar-refractivity contribution in [3.8, 4) is 0 Å². The monoisotopic (exact) mass is 623 g/mol. The highest BCUT2D eigenvalue weighted by atomic mass is 35.5. The van der Waals surface area contributed by atoms with Crippen LogP contribution in [0.15, 0.2) is 91.0 Å². The summed E-state index contributed by atoms with van der Waals surface area (Å²) in [6, 6.07) is 26.5. The maximum absolute atomic E-state index is 14.2. The van der Waals surface area contributed by atoms with Gasteiger partial charge in [0, 0.05) is 40.7 Å². The Hall–Kier alpha value is -3.91. The van der Waals surface area contributed by atoms with Crippen LogP contribution in [0.25, 0.3) is 10.9 Å². The highest BCUT2D eigenvalue weighted by Gasteiger charge is 2.67. The third kappa shape index (κ3) is 4.89. The first-order valence-corrected chi connectivity index (χ1v) is 15.9. The summed E-state index contributed by atoms with van der Waals surface area (Å²) in [5, 5.41) is 5.33. The Bertz CT molecular complexity index is 1800. The summed E-state index contributed by atoms with van der Waals surface area (Å²) < 4.78 is 13.6. The lowest BCUT2D eigenvalue weighted by molar-refractivity contribution is -0.160. The molecule has 0 unspecified atom stereocenters. The third-order valence-electron chi connectivity index (χ3n) is 10.3. The van der Waals surface area contributed by atoms with Crippen LogP contribution in [0.2, 0.25) is 5.02 Å². The molecule has 7 nitrogen and oxygen atoms in total. The van der Waals surface area contributed by atoms with Crippen LogP contribution in [0.5, 0.6) is 0 Å². The van der Waals surface area contributed by atoms with Gasteiger partial charge in [0.15, 0.2) is 0 Å². The molecule has 45 heavy (non-hydrogen) atoms. The Morgan fingerprint density at radius 2 is 1.76 bits per heavy atom. The molecule has 4 aliphatic rings. The van der Waals surface area contributed by atoms with Crippen LogP contribution in [0, 0.1) is 5.92 Å². The number of ether oxygens (including phenoxy) is 2. The molecule has 3 aliphatic heterocycles. The summed E-state index contributed by atoms with van der Waals surface area (Å²) in [7, 11) is 1.36. The van der Waals surface area contributed by atoms with Crippen LogP contribution in [-0.4, -0.2) is 46.1 Å². The Balaban J connectivity index is 1.33. The van der Waals surface area contributed by atoms with Gasteiger partial charge in [-0.15, -0.1) is 0 Å². The van der Waals surface area contributed by atoms with E-state index < -0.39 is 17.0 Å². The zero-order chi connectivity index (χ0) is 31.4. The third-order valence-corrected chi connectivity index (χ3v) is 10.6. The van der Waals surface area contributed by atoms with Gasteiger partial charge < -0.3 is 19.4 Å². The number of halogens is 1. The van der Waals surface area contributed by atoms with E-state index in [1.54, 1.807) is 6.08 Å². The number of rotatable bonds is 8. The number of amides is 1. The molecule has 3 aromatic carbocycles. The Kier molecular flexibility index (Phi) is 7.39. The van der Waals surface area contributed by atoms with Crippen LogP contribution in [-0.2, 0) is 50.8 Å².